The Kier molecular flexibility index (Phi) is 5.12. The maximum absolute atomic E-state index is 5.42. The molecule has 45 heavy (non-hydrogen) atoms. The summed E-state index contributed by atoms with van der Waals surface area (Å²) in [5.41, 5.74) is 8.75. The largest absolute Gasteiger partial charge is 0.309 e. The van der Waals surface area contributed by atoms with Gasteiger partial charge in [-0.15, -0.1) is 11.3 Å². The molecule has 0 atom stereocenters. The first-order valence-electron chi connectivity index (χ1n) is 15.1. The van der Waals surface area contributed by atoms with Crippen LogP contribution < -0.4 is 0 Å². The molecule has 0 spiro atoms. The molecule has 4 nitrogen and oxygen atoms in total. The normalized spacial score (nSPS) is 12.0. The van der Waals surface area contributed by atoms with Crippen molar-refractivity contribution in [2.75, 3.05) is 0 Å². The van der Waals surface area contributed by atoms with Gasteiger partial charge < -0.3 is 4.57 Å². The van der Waals surface area contributed by atoms with Crippen LogP contribution in [0.15, 0.2) is 146 Å². The van der Waals surface area contributed by atoms with Gasteiger partial charge in [-0.1, -0.05) is 97.1 Å². The molecule has 6 aromatic carbocycles. The first-order chi connectivity index (χ1) is 22.3. The zero-order valence-electron chi connectivity index (χ0n) is 24.1. The smallest absolute Gasteiger partial charge is 0.235 e. The van der Waals surface area contributed by atoms with E-state index in [9.17, 15) is 0 Å². The Morgan fingerprint density at radius 3 is 1.71 bits per heavy atom. The number of benzene rings is 6. The molecule has 0 amide bonds. The topological polar surface area (TPSA) is 35.6 Å². The molecular formula is C40H24N4S. The number of hydrogen-bond acceptors (Lipinski definition) is 3. The number of para-hydroxylation sites is 4. The zero-order chi connectivity index (χ0) is 29.5. The number of hydrogen-bond donors (Lipinski definition) is 0. The monoisotopic (exact) mass is 592 g/mol. The number of aromatic nitrogens is 4. The van der Waals surface area contributed by atoms with Gasteiger partial charge >= 0.3 is 0 Å². The van der Waals surface area contributed by atoms with Gasteiger partial charge in [-0.2, -0.15) is 0 Å². The van der Waals surface area contributed by atoms with Crippen molar-refractivity contribution in [3.05, 3.63) is 146 Å². The van der Waals surface area contributed by atoms with Crippen molar-refractivity contribution in [3.63, 3.8) is 0 Å². The van der Waals surface area contributed by atoms with Crippen LogP contribution in [0.4, 0.5) is 0 Å². The van der Waals surface area contributed by atoms with Crippen molar-refractivity contribution in [1.82, 2.24) is 19.1 Å². The highest BCUT2D eigenvalue weighted by Crippen LogP contribution is 2.41. The fourth-order valence-electron chi connectivity index (χ4n) is 6.99. The average molecular weight is 593 g/mol. The van der Waals surface area contributed by atoms with Gasteiger partial charge in [0, 0.05) is 42.9 Å². The van der Waals surface area contributed by atoms with Gasteiger partial charge in [-0.3, -0.25) is 4.57 Å². The van der Waals surface area contributed by atoms with Gasteiger partial charge in [0.2, 0.25) is 5.95 Å². The van der Waals surface area contributed by atoms with Gasteiger partial charge in [0.25, 0.3) is 0 Å². The molecule has 4 aromatic heterocycles. The summed E-state index contributed by atoms with van der Waals surface area (Å²) in [6.07, 6.45) is 0. The molecule has 0 aliphatic rings. The summed E-state index contributed by atoms with van der Waals surface area (Å²) in [5.74, 6) is 0.685. The Morgan fingerprint density at radius 2 is 1.00 bits per heavy atom. The molecule has 0 N–H and O–H groups in total. The van der Waals surface area contributed by atoms with E-state index < -0.39 is 0 Å². The minimum absolute atomic E-state index is 0.685. The molecule has 4 heterocycles. The van der Waals surface area contributed by atoms with Crippen LogP contribution in [0.5, 0.6) is 0 Å². The first-order valence-corrected chi connectivity index (χ1v) is 15.9. The van der Waals surface area contributed by atoms with E-state index in [1.54, 1.807) is 11.3 Å². The second kappa shape index (κ2) is 9.36. The standard InChI is InChI=1S/C40H24N4S/c1-2-12-26(13-3-1)43-32-18-8-6-16-29(32)31-24-25(22-23-35(31)43)37-39-38(30-17-7-11-21-36(30)45-39)42-40(41-37)44-33-19-9-4-14-27(33)28-15-5-10-20-34(28)44/h1-24H. The highest BCUT2D eigenvalue weighted by atomic mass is 32.1. The van der Waals surface area contributed by atoms with Crippen LogP contribution in [-0.4, -0.2) is 19.1 Å². The Labute approximate surface area is 262 Å². The number of rotatable bonds is 3. The van der Waals surface area contributed by atoms with E-state index in [0.717, 1.165) is 43.6 Å². The molecule has 5 heteroatoms. The summed E-state index contributed by atoms with van der Waals surface area (Å²) in [7, 11) is 0. The molecule has 0 unspecified atom stereocenters. The van der Waals surface area contributed by atoms with Gasteiger partial charge in [-0.25, -0.2) is 9.97 Å². The molecule has 0 fully saturated rings. The summed E-state index contributed by atoms with van der Waals surface area (Å²) in [6, 6.07) is 51.7. The third-order valence-electron chi connectivity index (χ3n) is 8.95. The van der Waals surface area contributed by atoms with Crippen molar-refractivity contribution in [2.45, 2.75) is 0 Å². The SMILES string of the molecule is c1ccc(-n2c3ccccc3c3cc(-c4nc(-n5c6ccccc6c6ccccc65)nc5c4sc4ccccc45)ccc32)cc1. The molecule has 0 saturated carbocycles. The third-order valence-corrected chi connectivity index (χ3v) is 10.1. The first kappa shape index (κ1) is 24.6. The van der Waals surface area contributed by atoms with Crippen molar-refractivity contribution >= 4 is 75.3 Å². The van der Waals surface area contributed by atoms with Gasteiger partial charge in [-0.05, 0) is 48.5 Å². The second-order valence-corrected chi connectivity index (χ2v) is 12.5. The fraction of sp³-hybridized carbons (Fsp3) is 0. The quantitative estimate of drug-likeness (QED) is 0.205. The van der Waals surface area contributed by atoms with Crippen LogP contribution in [0.1, 0.15) is 0 Å². The molecule has 0 aliphatic heterocycles. The summed E-state index contributed by atoms with van der Waals surface area (Å²) in [5, 5.41) is 5.98. The van der Waals surface area contributed by atoms with E-state index in [4.69, 9.17) is 9.97 Å². The van der Waals surface area contributed by atoms with E-state index in [2.05, 4.69) is 155 Å². The van der Waals surface area contributed by atoms with Crippen LogP contribution in [0, 0.1) is 0 Å². The Balaban J connectivity index is 1.31. The lowest BCUT2D eigenvalue weighted by molar-refractivity contribution is 1.02. The van der Waals surface area contributed by atoms with Crippen molar-refractivity contribution in [1.29, 1.82) is 0 Å². The lowest BCUT2D eigenvalue weighted by Gasteiger charge is -2.11. The second-order valence-electron chi connectivity index (χ2n) is 11.4. The molecular weight excluding hydrogens is 569 g/mol. The van der Waals surface area contributed by atoms with Crippen molar-refractivity contribution < 1.29 is 0 Å². The molecule has 210 valence electrons. The van der Waals surface area contributed by atoms with E-state index in [0.29, 0.717) is 5.95 Å². The molecule has 0 bridgehead atoms. The number of nitrogens with zero attached hydrogens (tertiary/aromatic N) is 4. The van der Waals surface area contributed by atoms with Crippen LogP contribution in [-0.2, 0) is 0 Å². The third kappa shape index (κ3) is 3.53. The van der Waals surface area contributed by atoms with Gasteiger partial charge in [0.05, 0.1) is 38.0 Å². The maximum atomic E-state index is 5.42. The lowest BCUT2D eigenvalue weighted by Crippen LogP contribution is -2.02. The van der Waals surface area contributed by atoms with E-state index in [-0.39, 0.29) is 0 Å². The van der Waals surface area contributed by atoms with Gasteiger partial charge in [0.15, 0.2) is 0 Å². The summed E-state index contributed by atoms with van der Waals surface area (Å²) in [6.45, 7) is 0. The summed E-state index contributed by atoms with van der Waals surface area (Å²) >= 11 is 1.77. The number of fused-ring (bicyclic) bond motifs is 9. The van der Waals surface area contributed by atoms with Crippen molar-refractivity contribution in [2.24, 2.45) is 0 Å². The maximum Gasteiger partial charge on any atom is 0.235 e. The molecule has 0 saturated heterocycles. The molecule has 10 rings (SSSR count). The predicted octanol–water partition coefficient (Wildman–Crippen LogP) is 10.7. The molecule has 0 radical (unpaired) electrons. The average Bonchev–Trinajstić information content (AvgIpc) is 3.76. The van der Waals surface area contributed by atoms with Gasteiger partial charge in [0.1, 0.15) is 0 Å². The van der Waals surface area contributed by atoms with Crippen LogP contribution in [0.2, 0.25) is 0 Å². The molecule has 0 aliphatic carbocycles. The molecule has 10 aromatic rings. The Morgan fingerprint density at radius 1 is 0.444 bits per heavy atom. The van der Waals surface area contributed by atoms with Crippen LogP contribution in [0.3, 0.4) is 0 Å². The van der Waals surface area contributed by atoms with E-state index >= 15 is 0 Å². The van der Waals surface area contributed by atoms with Crippen LogP contribution in [0.25, 0.3) is 86.8 Å². The lowest BCUT2D eigenvalue weighted by atomic mass is 10.1. The predicted molar refractivity (Wildman–Crippen MR) is 189 cm³/mol. The summed E-state index contributed by atoms with van der Waals surface area (Å²) < 4.78 is 6.89. The Hall–Kier alpha value is -5.78. The zero-order valence-corrected chi connectivity index (χ0v) is 24.9. The fourth-order valence-corrected chi connectivity index (χ4v) is 8.14. The number of thiophene rings is 1. The Bertz CT molecular complexity index is 2710. The van der Waals surface area contributed by atoms with E-state index in [1.165, 1.54) is 37.3 Å². The van der Waals surface area contributed by atoms with Crippen LogP contribution >= 0.6 is 11.3 Å². The van der Waals surface area contributed by atoms with Crippen molar-refractivity contribution in [3.8, 4) is 22.9 Å². The van der Waals surface area contributed by atoms with E-state index in [1.807, 2.05) is 0 Å². The highest BCUT2D eigenvalue weighted by Gasteiger charge is 2.21. The minimum atomic E-state index is 0.685. The minimum Gasteiger partial charge on any atom is -0.309 e. The summed E-state index contributed by atoms with van der Waals surface area (Å²) in [4.78, 5) is 10.7. The highest BCUT2D eigenvalue weighted by molar-refractivity contribution is 7.26.